The van der Waals surface area contributed by atoms with Crippen LogP contribution in [0.1, 0.15) is 25.7 Å². The Balaban J connectivity index is 1.43. The fraction of sp³-hybridized carbons (Fsp3) is 0.364. The van der Waals surface area contributed by atoms with Gasteiger partial charge in [-0.05, 0) is 67.8 Å². The minimum atomic E-state index is -0.546. The van der Waals surface area contributed by atoms with Crippen molar-refractivity contribution in [3.05, 3.63) is 48.5 Å². The molecule has 2 amide bonds. The third-order valence-electron chi connectivity index (χ3n) is 5.41. The number of nitrogens with one attached hydrogen (secondary N) is 1. The van der Waals surface area contributed by atoms with Crippen LogP contribution < -0.4 is 19.9 Å². The van der Waals surface area contributed by atoms with E-state index in [0.29, 0.717) is 11.4 Å². The van der Waals surface area contributed by atoms with Crippen molar-refractivity contribution in [2.24, 2.45) is 0 Å². The van der Waals surface area contributed by atoms with Crippen molar-refractivity contribution >= 4 is 28.9 Å². The van der Waals surface area contributed by atoms with Crippen LogP contribution in [0.5, 0.6) is 5.75 Å². The van der Waals surface area contributed by atoms with Crippen LogP contribution in [0.4, 0.5) is 17.1 Å². The summed E-state index contributed by atoms with van der Waals surface area (Å²) in [7, 11) is 1.58. The molecule has 2 aliphatic rings. The first-order valence-electron chi connectivity index (χ1n) is 9.78. The molecule has 146 valence electrons. The maximum Gasteiger partial charge on any atom is 0.256 e. The molecule has 2 aromatic rings. The van der Waals surface area contributed by atoms with Gasteiger partial charge < -0.3 is 15.0 Å². The minimum Gasteiger partial charge on any atom is -0.497 e. The molecule has 2 saturated heterocycles. The lowest BCUT2D eigenvalue weighted by Gasteiger charge is -2.29. The molecule has 2 aliphatic heterocycles. The number of methoxy groups -OCH3 is 1. The molecule has 1 atom stereocenters. The molecule has 6 nitrogen and oxygen atoms in total. The minimum absolute atomic E-state index is 0.152. The Kier molecular flexibility index (Phi) is 5.19. The molecule has 6 heteroatoms. The van der Waals surface area contributed by atoms with Crippen molar-refractivity contribution in [3.8, 4) is 5.75 Å². The second kappa shape index (κ2) is 7.92. The van der Waals surface area contributed by atoms with Crippen LogP contribution in [0.3, 0.4) is 0 Å². The van der Waals surface area contributed by atoms with Gasteiger partial charge in [0.05, 0.1) is 19.2 Å². The van der Waals surface area contributed by atoms with Crippen LogP contribution in [0, 0.1) is 0 Å². The molecule has 0 radical (unpaired) electrons. The summed E-state index contributed by atoms with van der Waals surface area (Å²) in [6.45, 7) is 2.19. The Morgan fingerprint density at radius 3 is 2.18 bits per heavy atom. The number of hydrogen-bond acceptors (Lipinski definition) is 5. The van der Waals surface area contributed by atoms with E-state index < -0.39 is 6.04 Å². The van der Waals surface area contributed by atoms with Crippen molar-refractivity contribution in [3.63, 3.8) is 0 Å². The van der Waals surface area contributed by atoms with E-state index in [1.165, 1.54) is 29.8 Å². The Morgan fingerprint density at radius 2 is 1.54 bits per heavy atom. The van der Waals surface area contributed by atoms with Crippen molar-refractivity contribution in [1.82, 2.24) is 0 Å². The number of rotatable bonds is 5. The van der Waals surface area contributed by atoms with Gasteiger partial charge in [0.2, 0.25) is 5.91 Å². The number of hydrogen-bond donors (Lipinski definition) is 1. The van der Waals surface area contributed by atoms with Gasteiger partial charge in [0.15, 0.2) is 0 Å². The molecular weight excluding hydrogens is 354 g/mol. The smallest absolute Gasteiger partial charge is 0.256 e. The van der Waals surface area contributed by atoms with Gasteiger partial charge in [-0.2, -0.15) is 0 Å². The topological polar surface area (TPSA) is 61.9 Å². The van der Waals surface area contributed by atoms with Crippen molar-refractivity contribution in [1.29, 1.82) is 0 Å². The predicted molar refractivity (Wildman–Crippen MR) is 110 cm³/mol. The molecule has 2 fully saturated rings. The largest absolute Gasteiger partial charge is 0.497 e. The zero-order valence-corrected chi connectivity index (χ0v) is 16.1. The lowest BCUT2D eigenvalue weighted by Crippen LogP contribution is -2.34. The lowest BCUT2D eigenvalue weighted by atomic mass is 10.1. The number of carbonyl (C=O) groups excluding carboxylic acids is 2. The number of ether oxygens (including phenoxy) is 1. The van der Waals surface area contributed by atoms with Gasteiger partial charge >= 0.3 is 0 Å². The molecule has 0 bridgehead atoms. The van der Waals surface area contributed by atoms with Gasteiger partial charge in [-0.25, -0.2) is 4.90 Å². The van der Waals surface area contributed by atoms with Crippen LogP contribution in [0.2, 0.25) is 0 Å². The van der Waals surface area contributed by atoms with Crippen molar-refractivity contribution in [2.75, 3.05) is 35.3 Å². The summed E-state index contributed by atoms with van der Waals surface area (Å²) >= 11 is 0. The average molecular weight is 379 g/mol. The van der Waals surface area contributed by atoms with Crippen LogP contribution in [0.25, 0.3) is 0 Å². The summed E-state index contributed by atoms with van der Waals surface area (Å²) in [4.78, 5) is 28.9. The fourth-order valence-corrected chi connectivity index (χ4v) is 3.87. The molecule has 1 N–H and O–H groups in total. The van der Waals surface area contributed by atoms with Gasteiger partial charge in [0.1, 0.15) is 11.8 Å². The number of piperidine rings is 1. The van der Waals surface area contributed by atoms with Gasteiger partial charge in [-0.1, -0.05) is 0 Å². The lowest BCUT2D eigenvalue weighted by molar-refractivity contribution is -0.121. The molecule has 28 heavy (non-hydrogen) atoms. The summed E-state index contributed by atoms with van der Waals surface area (Å²) < 4.78 is 5.13. The third-order valence-corrected chi connectivity index (χ3v) is 5.41. The van der Waals surface area contributed by atoms with E-state index in [1.54, 1.807) is 31.4 Å². The molecule has 2 heterocycles. The van der Waals surface area contributed by atoms with E-state index in [2.05, 4.69) is 22.3 Å². The van der Waals surface area contributed by atoms with Gasteiger partial charge in [0.25, 0.3) is 5.91 Å². The number of amides is 2. The van der Waals surface area contributed by atoms with E-state index in [1.807, 2.05) is 12.1 Å². The van der Waals surface area contributed by atoms with Gasteiger partial charge in [0, 0.05) is 24.5 Å². The number of carbonyl (C=O) groups is 2. The normalized spacial score (nSPS) is 19.8. The highest BCUT2D eigenvalue weighted by molar-refractivity contribution is 6.23. The fourth-order valence-electron chi connectivity index (χ4n) is 3.87. The zero-order valence-electron chi connectivity index (χ0n) is 16.1. The number of benzene rings is 2. The first-order chi connectivity index (χ1) is 13.7. The van der Waals surface area contributed by atoms with E-state index in [9.17, 15) is 9.59 Å². The summed E-state index contributed by atoms with van der Waals surface area (Å²) in [5.41, 5.74) is 2.63. The van der Waals surface area contributed by atoms with E-state index >= 15 is 0 Å². The molecular formula is C22H25N3O3. The summed E-state index contributed by atoms with van der Waals surface area (Å²) in [5.74, 6) is 0.263. The Bertz CT molecular complexity index is 842. The maximum atomic E-state index is 12.8. The summed E-state index contributed by atoms with van der Waals surface area (Å²) in [5, 5.41) is 3.22. The molecule has 4 rings (SSSR count). The van der Waals surface area contributed by atoms with Gasteiger partial charge in [-0.3, -0.25) is 9.59 Å². The Labute approximate surface area is 165 Å². The maximum absolute atomic E-state index is 12.8. The van der Waals surface area contributed by atoms with E-state index in [4.69, 9.17) is 4.74 Å². The van der Waals surface area contributed by atoms with Crippen LogP contribution in [-0.4, -0.2) is 38.1 Å². The Hall–Kier alpha value is -3.02. The molecule has 0 aliphatic carbocycles. The highest BCUT2D eigenvalue weighted by atomic mass is 16.5. The number of imide groups is 1. The standard InChI is InChI=1S/C22H25N3O3/c1-28-19-11-9-18(10-12-19)25-21(26)15-20(22(25)27)23-16-5-7-17(8-6-16)24-13-3-2-4-14-24/h5-12,20,23H,2-4,13-15H2,1H3/t20-/m1/s1. The quantitative estimate of drug-likeness (QED) is 0.807. The number of nitrogens with zero attached hydrogens (tertiary/aromatic N) is 2. The SMILES string of the molecule is COc1ccc(N2C(=O)C[C@@H](Nc3ccc(N4CCCCC4)cc3)C2=O)cc1. The van der Waals surface area contributed by atoms with E-state index in [0.717, 1.165) is 18.8 Å². The first-order valence-corrected chi connectivity index (χ1v) is 9.78. The monoisotopic (exact) mass is 379 g/mol. The molecule has 0 saturated carbocycles. The summed E-state index contributed by atoms with van der Waals surface area (Å²) in [6, 6.07) is 14.5. The molecule has 2 aromatic carbocycles. The Morgan fingerprint density at radius 1 is 0.893 bits per heavy atom. The van der Waals surface area contributed by atoms with Crippen molar-refractivity contribution < 1.29 is 14.3 Å². The third kappa shape index (κ3) is 3.67. The average Bonchev–Trinajstić information content (AvgIpc) is 3.02. The van der Waals surface area contributed by atoms with E-state index in [-0.39, 0.29) is 18.2 Å². The van der Waals surface area contributed by atoms with Crippen LogP contribution in [0.15, 0.2) is 48.5 Å². The highest BCUT2D eigenvalue weighted by Gasteiger charge is 2.39. The first kappa shape index (κ1) is 18.3. The second-order valence-electron chi connectivity index (χ2n) is 7.26. The predicted octanol–water partition coefficient (Wildman–Crippen LogP) is 3.43. The van der Waals surface area contributed by atoms with Crippen LogP contribution >= 0.6 is 0 Å². The highest BCUT2D eigenvalue weighted by Crippen LogP contribution is 2.28. The zero-order chi connectivity index (χ0) is 19.5. The molecule has 0 spiro atoms. The molecule has 0 unspecified atom stereocenters. The summed E-state index contributed by atoms with van der Waals surface area (Å²) in [6.07, 6.45) is 3.93. The van der Waals surface area contributed by atoms with Crippen LogP contribution in [-0.2, 0) is 9.59 Å². The molecule has 0 aromatic heterocycles. The second-order valence-corrected chi connectivity index (χ2v) is 7.26. The number of anilines is 3. The van der Waals surface area contributed by atoms with Crippen molar-refractivity contribution in [2.45, 2.75) is 31.7 Å². The van der Waals surface area contributed by atoms with Gasteiger partial charge in [-0.15, -0.1) is 0 Å².